The van der Waals surface area contributed by atoms with Crippen LogP contribution in [-0.2, 0) is 9.47 Å². The van der Waals surface area contributed by atoms with Crippen LogP contribution in [0.4, 0.5) is 0 Å². The largest absolute Gasteiger partial charge is 0.493 e. The Morgan fingerprint density at radius 1 is 1.13 bits per heavy atom. The van der Waals surface area contributed by atoms with Gasteiger partial charge in [0.25, 0.3) is 0 Å². The van der Waals surface area contributed by atoms with Crippen LogP contribution in [-0.4, -0.2) is 31.9 Å². The summed E-state index contributed by atoms with van der Waals surface area (Å²) in [5, 5.41) is 2.08. The summed E-state index contributed by atoms with van der Waals surface area (Å²) in [6, 6.07) is 11.8. The van der Waals surface area contributed by atoms with Gasteiger partial charge < -0.3 is 14.2 Å². The number of esters is 1. The summed E-state index contributed by atoms with van der Waals surface area (Å²) in [6.07, 6.45) is 3.35. The van der Waals surface area contributed by atoms with Crippen LogP contribution in [0.3, 0.4) is 0 Å². The molecule has 4 heteroatoms. The molecule has 3 unspecified atom stereocenters. The Balaban J connectivity index is 1.44. The van der Waals surface area contributed by atoms with E-state index < -0.39 is 0 Å². The van der Waals surface area contributed by atoms with Gasteiger partial charge in [-0.25, -0.2) is 4.79 Å². The SMILES string of the molecule is CC1CCC(C(C)C)C(OC(=O)c2ccc3cc(OCC4(C)COC4)ccc3c2)C1. The van der Waals surface area contributed by atoms with Crippen molar-refractivity contribution in [2.24, 2.45) is 23.2 Å². The Hall–Kier alpha value is -2.07. The van der Waals surface area contributed by atoms with E-state index in [9.17, 15) is 4.79 Å². The van der Waals surface area contributed by atoms with Crippen LogP contribution in [0.25, 0.3) is 10.8 Å². The average Bonchev–Trinajstić information content (AvgIpc) is 2.70. The van der Waals surface area contributed by atoms with Crippen LogP contribution < -0.4 is 4.74 Å². The summed E-state index contributed by atoms with van der Waals surface area (Å²) >= 11 is 0. The van der Waals surface area contributed by atoms with Gasteiger partial charge in [-0.05, 0) is 65.6 Å². The number of rotatable bonds is 6. The topological polar surface area (TPSA) is 44.8 Å². The monoisotopic (exact) mass is 410 g/mol. The van der Waals surface area contributed by atoms with Crippen molar-refractivity contribution in [2.45, 2.75) is 53.1 Å². The lowest BCUT2D eigenvalue weighted by Gasteiger charge is -2.37. The van der Waals surface area contributed by atoms with Gasteiger partial charge in [0.15, 0.2) is 0 Å². The maximum Gasteiger partial charge on any atom is 0.338 e. The van der Waals surface area contributed by atoms with Gasteiger partial charge in [0.1, 0.15) is 11.9 Å². The first-order valence-corrected chi connectivity index (χ1v) is 11.3. The van der Waals surface area contributed by atoms with E-state index in [1.54, 1.807) is 0 Å². The van der Waals surface area contributed by atoms with Crippen LogP contribution >= 0.6 is 0 Å². The first-order chi connectivity index (χ1) is 14.3. The van der Waals surface area contributed by atoms with Crippen LogP contribution in [0, 0.1) is 23.2 Å². The van der Waals surface area contributed by atoms with E-state index in [4.69, 9.17) is 14.2 Å². The predicted octanol–water partition coefficient (Wildman–Crippen LogP) is 5.87. The van der Waals surface area contributed by atoms with Gasteiger partial charge in [-0.2, -0.15) is 0 Å². The fourth-order valence-corrected chi connectivity index (χ4v) is 4.69. The molecule has 0 aromatic heterocycles. The quantitative estimate of drug-likeness (QED) is 0.559. The van der Waals surface area contributed by atoms with E-state index >= 15 is 0 Å². The Labute approximate surface area is 179 Å². The van der Waals surface area contributed by atoms with Gasteiger partial charge in [0, 0.05) is 5.41 Å². The molecule has 1 saturated carbocycles. The number of hydrogen-bond acceptors (Lipinski definition) is 4. The third-order valence-electron chi connectivity index (χ3n) is 6.76. The summed E-state index contributed by atoms with van der Waals surface area (Å²) in [5.74, 6) is 2.23. The zero-order chi connectivity index (χ0) is 21.3. The Kier molecular flexibility index (Phi) is 6.06. The van der Waals surface area contributed by atoms with Crippen molar-refractivity contribution in [3.63, 3.8) is 0 Å². The van der Waals surface area contributed by atoms with Gasteiger partial charge >= 0.3 is 5.97 Å². The predicted molar refractivity (Wildman–Crippen MR) is 119 cm³/mol. The van der Waals surface area contributed by atoms with E-state index in [1.165, 1.54) is 6.42 Å². The smallest absolute Gasteiger partial charge is 0.338 e. The van der Waals surface area contributed by atoms with Crippen LogP contribution in [0.1, 0.15) is 57.3 Å². The lowest BCUT2D eigenvalue weighted by Crippen LogP contribution is -2.44. The van der Waals surface area contributed by atoms with Crippen molar-refractivity contribution in [3.8, 4) is 5.75 Å². The number of carbonyl (C=O) groups is 1. The van der Waals surface area contributed by atoms with Crippen molar-refractivity contribution in [2.75, 3.05) is 19.8 Å². The lowest BCUT2D eigenvalue weighted by molar-refractivity contribution is -0.120. The van der Waals surface area contributed by atoms with Crippen molar-refractivity contribution in [3.05, 3.63) is 42.0 Å². The highest BCUT2D eigenvalue weighted by atomic mass is 16.5. The highest BCUT2D eigenvalue weighted by Crippen LogP contribution is 2.36. The molecule has 1 saturated heterocycles. The molecule has 1 aliphatic heterocycles. The average molecular weight is 411 g/mol. The molecule has 30 heavy (non-hydrogen) atoms. The van der Waals surface area contributed by atoms with Gasteiger partial charge in [-0.15, -0.1) is 0 Å². The Bertz CT molecular complexity index is 899. The second kappa shape index (κ2) is 8.58. The van der Waals surface area contributed by atoms with Crippen LogP contribution in [0.2, 0.25) is 0 Å². The molecule has 0 amide bonds. The molecular weight excluding hydrogens is 376 g/mol. The molecule has 2 aromatic carbocycles. The van der Waals surface area contributed by atoms with Crippen molar-refractivity contribution in [1.82, 2.24) is 0 Å². The number of carbonyl (C=O) groups excluding carboxylic acids is 1. The highest BCUT2D eigenvalue weighted by molar-refractivity contribution is 5.95. The van der Waals surface area contributed by atoms with Gasteiger partial charge in [0.2, 0.25) is 0 Å². The zero-order valence-corrected chi connectivity index (χ0v) is 18.6. The summed E-state index contributed by atoms with van der Waals surface area (Å²) < 4.78 is 17.3. The molecule has 0 spiro atoms. The second-order valence-corrected chi connectivity index (χ2v) is 10.1. The summed E-state index contributed by atoms with van der Waals surface area (Å²) in [5.41, 5.74) is 0.739. The molecule has 2 aliphatic rings. The third-order valence-corrected chi connectivity index (χ3v) is 6.76. The molecule has 4 rings (SSSR count). The maximum atomic E-state index is 12.9. The number of fused-ring (bicyclic) bond motifs is 1. The Morgan fingerprint density at radius 3 is 2.57 bits per heavy atom. The van der Waals surface area contributed by atoms with Crippen molar-refractivity contribution < 1.29 is 19.0 Å². The fourth-order valence-electron chi connectivity index (χ4n) is 4.69. The number of hydrogen-bond donors (Lipinski definition) is 0. The molecular formula is C26H34O4. The summed E-state index contributed by atoms with van der Waals surface area (Å²) in [4.78, 5) is 12.9. The van der Waals surface area contributed by atoms with Gasteiger partial charge in [-0.3, -0.25) is 0 Å². The fraction of sp³-hybridized carbons (Fsp3) is 0.577. The molecule has 0 N–H and O–H groups in total. The lowest BCUT2D eigenvalue weighted by atomic mass is 9.75. The van der Waals surface area contributed by atoms with E-state index in [-0.39, 0.29) is 17.5 Å². The zero-order valence-electron chi connectivity index (χ0n) is 18.6. The second-order valence-electron chi connectivity index (χ2n) is 10.1. The minimum Gasteiger partial charge on any atom is -0.493 e. The van der Waals surface area contributed by atoms with Crippen molar-refractivity contribution >= 4 is 16.7 Å². The normalized spacial score (nSPS) is 25.7. The van der Waals surface area contributed by atoms with Gasteiger partial charge in [0.05, 0.1) is 25.4 Å². The molecule has 0 radical (unpaired) electrons. The van der Waals surface area contributed by atoms with Crippen LogP contribution in [0.5, 0.6) is 5.75 Å². The first-order valence-electron chi connectivity index (χ1n) is 11.3. The summed E-state index contributed by atoms with van der Waals surface area (Å²) in [7, 11) is 0. The van der Waals surface area contributed by atoms with E-state index in [2.05, 4.69) is 27.7 Å². The number of benzene rings is 2. The molecule has 1 heterocycles. The van der Waals surface area contributed by atoms with E-state index in [0.717, 1.165) is 42.6 Å². The van der Waals surface area contributed by atoms with Crippen molar-refractivity contribution in [1.29, 1.82) is 0 Å². The third kappa shape index (κ3) is 4.64. The number of ether oxygens (including phenoxy) is 3. The standard InChI is InChI=1S/C26H34O4/c1-17(2)23-10-5-18(3)11-24(23)30-25(27)21-7-6-20-13-22(9-8-19(20)12-21)29-16-26(4)14-28-15-26/h6-9,12-13,17-18,23-24H,5,10-11,14-16H2,1-4H3. The molecule has 2 aromatic rings. The van der Waals surface area contributed by atoms with Crippen LogP contribution in [0.15, 0.2) is 36.4 Å². The molecule has 162 valence electrons. The first kappa shape index (κ1) is 21.2. The molecule has 0 bridgehead atoms. The minimum absolute atomic E-state index is 0.0181. The maximum absolute atomic E-state index is 12.9. The van der Waals surface area contributed by atoms with E-state index in [1.807, 2.05) is 36.4 Å². The molecule has 3 atom stereocenters. The Morgan fingerprint density at radius 2 is 1.87 bits per heavy atom. The molecule has 1 aliphatic carbocycles. The molecule has 2 fully saturated rings. The highest BCUT2D eigenvalue weighted by Gasteiger charge is 2.35. The van der Waals surface area contributed by atoms with E-state index in [0.29, 0.717) is 29.9 Å². The summed E-state index contributed by atoms with van der Waals surface area (Å²) in [6.45, 7) is 11.1. The minimum atomic E-state index is -0.208. The van der Waals surface area contributed by atoms with Gasteiger partial charge in [-0.1, -0.05) is 46.2 Å². The molecule has 4 nitrogen and oxygen atoms in total.